The number of piperidine rings is 1. The second-order valence-electron chi connectivity index (χ2n) is 5.85. The molecule has 0 aliphatic carbocycles. The molecule has 0 aromatic rings. The second-order valence-corrected chi connectivity index (χ2v) is 6.88. The molecule has 25 heavy (non-hydrogen) atoms. The summed E-state index contributed by atoms with van der Waals surface area (Å²) < 4.78 is 33.3. The molecule has 0 aromatic heterocycles. The van der Waals surface area contributed by atoms with Crippen molar-refractivity contribution in [1.82, 2.24) is 21.2 Å². The molecule has 2 heterocycles. The average Bonchev–Trinajstić information content (AvgIpc) is 3.05. The Morgan fingerprint density at radius 1 is 1.28 bits per heavy atom. The Balaban J connectivity index is 1.86. The molecule has 2 rings (SSSR count). The lowest BCUT2D eigenvalue weighted by atomic mass is 10.0. The van der Waals surface area contributed by atoms with Crippen LogP contribution in [0.15, 0.2) is 0 Å². The van der Waals surface area contributed by atoms with E-state index in [1.165, 1.54) is 0 Å². The van der Waals surface area contributed by atoms with Crippen molar-refractivity contribution >= 4 is 22.3 Å². The number of aliphatic hydroxyl groups is 1. The first-order valence-corrected chi connectivity index (χ1v) is 9.19. The van der Waals surface area contributed by atoms with E-state index < -0.39 is 28.4 Å². The summed E-state index contributed by atoms with van der Waals surface area (Å²) in [4.78, 5) is 30.6. The Morgan fingerprint density at radius 3 is 2.68 bits per heavy atom. The van der Waals surface area contributed by atoms with Crippen LogP contribution < -0.4 is 16.3 Å². The summed E-state index contributed by atoms with van der Waals surface area (Å²) in [7, 11) is -4.84. The molecule has 3 atom stereocenters. The number of hydrogen-bond acceptors (Lipinski definition) is 8. The zero-order valence-corrected chi connectivity index (χ0v) is 14.2. The van der Waals surface area contributed by atoms with Gasteiger partial charge in [0.05, 0.1) is 12.7 Å². The van der Waals surface area contributed by atoms with Crippen LogP contribution >= 0.6 is 0 Å². The molecule has 12 nitrogen and oxygen atoms in total. The van der Waals surface area contributed by atoms with Gasteiger partial charge in [-0.1, -0.05) is 0 Å². The quantitative estimate of drug-likeness (QED) is 0.259. The van der Waals surface area contributed by atoms with Gasteiger partial charge in [-0.2, -0.15) is 13.9 Å². The number of carbonyl (C=O) groups excluding carboxylic acids is 2. The van der Waals surface area contributed by atoms with E-state index >= 15 is 0 Å². The van der Waals surface area contributed by atoms with Gasteiger partial charge in [-0.05, 0) is 25.7 Å². The first-order chi connectivity index (χ1) is 11.8. The normalized spacial score (nSPS) is 27.1. The predicted octanol–water partition coefficient (Wildman–Crippen LogP) is -1.94. The van der Waals surface area contributed by atoms with Crippen LogP contribution in [-0.2, 0) is 24.3 Å². The van der Waals surface area contributed by atoms with Crippen molar-refractivity contribution in [2.24, 2.45) is 0 Å². The number of urea groups is 1. The highest BCUT2D eigenvalue weighted by Crippen LogP contribution is 2.18. The lowest BCUT2D eigenvalue weighted by Gasteiger charge is -2.34. The van der Waals surface area contributed by atoms with Crippen LogP contribution in [0.2, 0.25) is 0 Å². The van der Waals surface area contributed by atoms with Crippen molar-refractivity contribution in [3.8, 4) is 0 Å². The fraction of sp³-hybridized carbons (Fsp3) is 0.833. The molecule has 2 aliphatic heterocycles. The van der Waals surface area contributed by atoms with Gasteiger partial charge in [-0.25, -0.2) is 10.3 Å². The maximum atomic E-state index is 12.3. The van der Waals surface area contributed by atoms with Gasteiger partial charge in [0, 0.05) is 19.1 Å². The van der Waals surface area contributed by atoms with Gasteiger partial charge in [0.1, 0.15) is 6.04 Å². The third-order valence-corrected chi connectivity index (χ3v) is 4.32. The minimum atomic E-state index is -4.84. The van der Waals surface area contributed by atoms with Gasteiger partial charge in [-0.3, -0.25) is 14.2 Å². The van der Waals surface area contributed by atoms with E-state index in [0.717, 1.165) is 4.90 Å². The van der Waals surface area contributed by atoms with Crippen molar-refractivity contribution in [1.29, 1.82) is 0 Å². The standard InChI is InChI=1S/C12H22N4O8S/c17-7-8-5-9(6-13-8)23-14-11(18)10-3-1-2-4-16(10)12(19)15-24-25(20,21)22/h8-10,13,17H,1-7H2,(H,14,18)(H,15,19)(H,20,21,22)/t8-,9?,10+/m1/s1. The van der Waals surface area contributed by atoms with E-state index in [9.17, 15) is 18.0 Å². The Hall–Kier alpha value is -1.51. The molecule has 0 radical (unpaired) electrons. The van der Waals surface area contributed by atoms with Crippen LogP contribution in [0.25, 0.3) is 0 Å². The SMILES string of the molecule is O=C(NOC1CN[C@@H](CO)C1)[C@@H]1CCCCN1C(=O)NOS(=O)(=O)O. The highest BCUT2D eigenvalue weighted by Gasteiger charge is 2.34. The van der Waals surface area contributed by atoms with Crippen molar-refractivity contribution in [2.75, 3.05) is 19.7 Å². The maximum absolute atomic E-state index is 12.3. The number of nitrogens with zero attached hydrogens (tertiary/aromatic N) is 1. The van der Waals surface area contributed by atoms with Crippen LogP contribution in [0, 0.1) is 0 Å². The third-order valence-electron chi connectivity index (χ3n) is 4.03. The van der Waals surface area contributed by atoms with Crippen molar-refractivity contribution in [3.63, 3.8) is 0 Å². The summed E-state index contributed by atoms with van der Waals surface area (Å²) in [5, 5.41) is 12.1. The first-order valence-electron chi connectivity index (χ1n) is 7.82. The molecule has 0 bridgehead atoms. The molecule has 2 saturated heterocycles. The summed E-state index contributed by atoms with van der Waals surface area (Å²) in [6.45, 7) is 0.664. The Morgan fingerprint density at radius 2 is 2.04 bits per heavy atom. The number of hydroxylamine groups is 2. The second kappa shape index (κ2) is 8.73. The van der Waals surface area contributed by atoms with Crippen molar-refractivity contribution < 1.29 is 36.8 Å². The molecule has 5 N–H and O–H groups in total. The molecule has 144 valence electrons. The lowest BCUT2D eigenvalue weighted by molar-refractivity contribution is -0.143. The number of hydrogen-bond donors (Lipinski definition) is 5. The molecule has 1 unspecified atom stereocenters. The zero-order valence-electron chi connectivity index (χ0n) is 13.4. The fourth-order valence-electron chi connectivity index (χ4n) is 2.81. The predicted molar refractivity (Wildman–Crippen MR) is 82.0 cm³/mol. The summed E-state index contributed by atoms with van der Waals surface area (Å²) in [6, 6.07) is -1.90. The van der Waals surface area contributed by atoms with E-state index in [4.69, 9.17) is 14.5 Å². The number of carbonyl (C=O) groups is 2. The van der Waals surface area contributed by atoms with Gasteiger partial charge in [-0.15, -0.1) is 4.28 Å². The van der Waals surface area contributed by atoms with Gasteiger partial charge >= 0.3 is 16.4 Å². The smallest absolute Gasteiger partial charge is 0.395 e. The van der Waals surface area contributed by atoms with Crippen molar-refractivity contribution in [3.05, 3.63) is 0 Å². The van der Waals surface area contributed by atoms with E-state index in [2.05, 4.69) is 15.1 Å². The number of rotatable bonds is 6. The lowest BCUT2D eigenvalue weighted by Crippen LogP contribution is -2.55. The number of aliphatic hydroxyl groups excluding tert-OH is 1. The molecule has 2 fully saturated rings. The van der Waals surface area contributed by atoms with Crippen LogP contribution in [0.3, 0.4) is 0 Å². The fourth-order valence-corrected chi connectivity index (χ4v) is 2.99. The van der Waals surface area contributed by atoms with Crippen LogP contribution in [0.5, 0.6) is 0 Å². The number of likely N-dealkylation sites (tertiary alicyclic amines) is 1. The van der Waals surface area contributed by atoms with E-state index in [0.29, 0.717) is 32.2 Å². The van der Waals surface area contributed by atoms with Gasteiger partial charge in [0.2, 0.25) is 0 Å². The Bertz CT molecular complexity index is 586. The minimum Gasteiger partial charge on any atom is -0.395 e. The van der Waals surface area contributed by atoms with Crippen molar-refractivity contribution in [2.45, 2.75) is 43.9 Å². The average molecular weight is 382 g/mol. The van der Waals surface area contributed by atoms with Gasteiger partial charge in [0.15, 0.2) is 0 Å². The topological polar surface area (TPSA) is 167 Å². The number of nitrogens with one attached hydrogen (secondary N) is 3. The molecular weight excluding hydrogens is 360 g/mol. The third kappa shape index (κ3) is 6.05. The Kier molecular flexibility index (Phi) is 6.92. The highest BCUT2D eigenvalue weighted by molar-refractivity contribution is 7.80. The molecular formula is C12H22N4O8S. The summed E-state index contributed by atoms with van der Waals surface area (Å²) in [5.41, 5.74) is 3.88. The zero-order chi connectivity index (χ0) is 18.4. The molecule has 13 heteroatoms. The molecule has 0 saturated carbocycles. The number of amides is 3. The largest absolute Gasteiger partial charge is 0.418 e. The van der Waals surface area contributed by atoms with E-state index in [1.807, 2.05) is 0 Å². The van der Waals surface area contributed by atoms with E-state index in [1.54, 1.807) is 5.48 Å². The minimum absolute atomic E-state index is 0.0296. The van der Waals surface area contributed by atoms with Crippen LogP contribution in [0.1, 0.15) is 25.7 Å². The molecule has 0 aromatic carbocycles. The maximum Gasteiger partial charge on any atom is 0.418 e. The monoisotopic (exact) mass is 382 g/mol. The molecule has 3 amide bonds. The van der Waals surface area contributed by atoms with E-state index in [-0.39, 0.29) is 25.3 Å². The Labute approximate surface area is 144 Å². The van der Waals surface area contributed by atoms with Gasteiger partial charge < -0.3 is 15.3 Å². The first kappa shape index (κ1) is 19.8. The summed E-state index contributed by atoms with van der Waals surface area (Å²) in [6.07, 6.45) is 1.95. The summed E-state index contributed by atoms with van der Waals surface area (Å²) in [5.74, 6) is -0.547. The van der Waals surface area contributed by atoms with Crippen LogP contribution in [-0.4, -0.2) is 72.8 Å². The molecule has 0 spiro atoms. The highest BCUT2D eigenvalue weighted by atomic mass is 32.3. The van der Waals surface area contributed by atoms with Crippen LogP contribution in [0.4, 0.5) is 4.79 Å². The molecule has 2 aliphatic rings. The van der Waals surface area contributed by atoms with Gasteiger partial charge in [0.25, 0.3) is 5.91 Å². The summed E-state index contributed by atoms with van der Waals surface area (Å²) >= 11 is 0.